The van der Waals surface area contributed by atoms with Gasteiger partial charge in [0.1, 0.15) is 0 Å². The lowest BCUT2D eigenvalue weighted by atomic mass is 10.2. The summed E-state index contributed by atoms with van der Waals surface area (Å²) in [6.07, 6.45) is 2.05. The van der Waals surface area contributed by atoms with Crippen molar-refractivity contribution in [2.24, 2.45) is 5.10 Å². The first-order chi connectivity index (χ1) is 16.2. The van der Waals surface area contributed by atoms with Gasteiger partial charge in [-0.15, -0.1) is 0 Å². The second-order valence-electron chi connectivity index (χ2n) is 7.27. The average Bonchev–Trinajstić information content (AvgIpc) is 2.80. The highest BCUT2D eigenvalue weighted by Gasteiger charge is 2.16. The van der Waals surface area contributed by atoms with E-state index in [9.17, 15) is 14.4 Å². The maximum atomic E-state index is 12.3. The van der Waals surface area contributed by atoms with Gasteiger partial charge in [-0.2, -0.15) is 5.10 Å². The molecule has 2 aromatic rings. The summed E-state index contributed by atoms with van der Waals surface area (Å²) in [7, 11) is 1.45. The van der Waals surface area contributed by atoms with Gasteiger partial charge >= 0.3 is 11.8 Å². The second kappa shape index (κ2) is 13.0. The molecule has 0 fully saturated rings. The van der Waals surface area contributed by atoms with Gasteiger partial charge < -0.3 is 20.1 Å². The molecule has 0 radical (unpaired) electrons. The van der Waals surface area contributed by atoms with E-state index in [4.69, 9.17) is 21.1 Å². The molecule has 3 amide bonds. The minimum atomic E-state index is -0.872. The highest BCUT2D eigenvalue weighted by atomic mass is 79.9. The SMILES string of the molecule is CC[C@@H](C)NC(=O)C(=O)N/N=C\c1cc(Br)c(OCC(=O)Nc2cccc(Cl)c2C)c(OC)c1. The van der Waals surface area contributed by atoms with Crippen LogP contribution in [0, 0.1) is 6.92 Å². The molecule has 1 atom stereocenters. The van der Waals surface area contributed by atoms with E-state index in [2.05, 4.69) is 37.1 Å². The van der Waals surface area contributed by atoms with Crippen LogP contribution in [-0.4, -0.2) is 43.7 Å². The zero-order valence-corrected chi connectivity index (χ0v) is 21.5. The third-order valence-corrected chi connectivity index (χ3v) is 5.72. The summed E-state index contributed by atoms with van der Waals surface area (Å²) in [5, 5.41) is 9.65. The van der Waals surface area contributed by atoms with Gasteiger partial charge in [0, 0.05) is 16.8 Å². The van der Waals surface area contributed by atoms with Crippen molar-refractivity contribution in [2.45, 2.75) is 33.2 Å². The Kier molecular flexibility index (Phi) is 10.3. The summed E-state index contributed by atoms with van der Waals surface area (Å²) in [6, 6.07) is 8.37. The molecule has 0 spiro atoms. The van der Waals surface area contributed by atoms with E-state index in [1.807, 2.05) is 6.92 Å². The van der Waals surface area contributed by atoms with Crippen LogP contribution in [0.15, 0.2) is 39.9 Å². The van der Waals surface area contributed by atoms with Crippen LogP contribution in [0.1, 0.15) is 31.4 Å². The number of halogens is 2. The van der Waals surface area contributed by atoms with Crippen LogP contribution in [0.25, 0.3) is 0 Å². The number of rotatable bonds is 9. The number of benzene rings is 2. The van der Waals surface area contributed by atoms with Crippen LogP contribution in [0.4, 0.5) is 5.69 Å². The molecule has 0 unspecified atom stereocenters. The maximum Gasteiger partial charge on any atom is 0.329 e. The summed E-state index contributed by atoms with van der Waals surface area (Å²) in [5.41, 5.74) is 4.08. The number of ether oxygens (including phenoxy) is 2. The largest absolute Gasteiger partial charge is 0.493 e. The molecule has 0 aliphatic heterocycles. The first-order valence-electron chi connectivity index (χ1n) is 10.3. The number of nitrogens with one attached hydrogen (secondary N) is 3. The number of nitrogens with zero attached hydrogens (tertiary/aromatic N) is 1. The third-order valence-electron chi connectivity index (χ3n) is 4.72. The molecule has 0 heterocycles. The van der Waals surface area contributed by atoms with Crippen molar-refractivity contribution in [3.8, 4) is 11.5 Å². The van der Waals surface area contributed by atoms with Crippen molar-refractivity contribution in [1.82, 2.24) is 10.7 Å². The minimum absolute atomic E-state index is 0.119. The summed E-state index contributed by atoms with van der Waals surface area (Å²) in [6.45, 7) is 5.23. The summed E-state index contributed by atoms with van der Waals surface area (Å²) in [5.74, 6) is -1.36. The molecule has 0 saturated carbocycles. The van der Waals surface area contributed by atoms with Crippen LogP contribution in [0.2, 0.25) is 5.02 Å². The van der Waals surface area contributed by atoms with E-state index < -0.39 is 11.8 Å². The standard InChI is InChI=1S/C23H26BrClN4O5/c1-5-13(2)27-22(31)23(32)29-26-11-15-9-16(24)21(19(10-15)33-4)34-12-20(30)28-18-8-6-7-17(25)14(18)3/h6-11,13H,5,12H2,1-4H3,(H,27,31)(H,28,30)(H,29,32)/b26-11-/t13-/m1/s1. The molecular weight excluding hydrogens is 528 g/mol. The smallest absolute Gasteiger partial charge is 0.329 e. The monoisotopic (exact) mass is 552 g/mol. The van der Waals surface area contributed by atoms with E-state index in [0.29, 0.717) is 38.7 Å². The van der Waals surface area contributed by atoms with Gasteiger partial charge in [-0.05, 0) is 71.6 Å². The maximum absolute atomic E-state index is 12.3. The third kappa shape index (κ3) is 7.74. The molecule has 11 heteroatoms. The molecule has 0 aliphatic rings. The van der Waals surface area contributed by atoms with Gasteiger partial charge in [0.05, 0.1) is 17.8 Å². The zero-order valence-electron chi connectivity index (χ0n) is 19.2. The lowest BCUT2D eigenvalue weighted by molar-refractivity contribution is -0.139. The first kappa shape index (κ1) is 27.1. The van der Waals surface area contributed by atoms with Crippen molar-refractivity contribution >= 4 is 57.2 Å². The van der Waals surface area contributed by atoms with Gasteiger partial charge in [0.25, 0.3) is 5.91 Å². The summed E-state index contributed by atoms with van der Waals surface area (Å²) < 4.78 is 11.5. The minimum Gasteiger partial charge on any atom is -0.493 e. The predicted molar refractivity (Wildman–Crippen MR) is 135 cm³/mol. The molecule has 3 N–H and O–H groups in total. The van der Waals surface area contributed by atoms with E-state index in [-0.39, 0.29) is 18.6 Å². The molecule has 34 heavy (non-hydrogen) atoms. The topological polar surface area (TPSA) is 118 Å². The number of carbonyl (C=O) groups excluding carboxylic acids is 3. The average molecular weight is 554 g/mol. The van der Waals surface area contributed by atoms with E-state index in [1.54, 1.807) is 44.2 Å². The Morgan fingerprint density at radius 2 is 1.97 bits per heavy atom. The highest BCUT2D eigenvalue weighted by molar-refractivity contribution is 9.10. The lowest BCUT2D eigenvalue weighted by Crippen LogP contribution is -2.41. The van der Waals surface area contributed by atoms with Crippen LogP contribution in [-0.2, 0) is 14.4 Å². The Bertz CT molecular complexity index is 1090. The van der Waals surface area contributed by atoms with Crippen molar-refractivity contribution in [2.75, 3.05) is 19.0 Å². The van der Waals surface area contributed by atoms with Crippen molar-refractivity contribution < 1.29 is 23.9 Å². The lowest BCUT2D eigenvalue weighted by Gasteiger charge is -2.14. The van der Waals surface area contributed by atoms with Gasteiger partial charge in [-0.1, -0.05) is 24.6 Å². The number of hydrogen-bond acceptors (Lipinski definition) is 6. The molecule has 2 aromatic carbocycles. The molecule has 2 rings (SSSR count). The molecule has 182 valence electrons. The number of amides is 3. The first-order valence-corrected chi connectivity index (χ1v) is 11.5. The number of hydrogen-bond donors (Lipinski definition) is 3. The highest BCUT2D eigenvalue weighted by Crippen LogP contribution is 2.36. The van der Waals surface area contributed by atoms with Gasteiger partial charge in [0.2, 0.25) is 0 Å². The van der Waals surface area contributed by atoms with Crippen molar-refractivity contribution in [1.29, 1.82) is 0 Å². The Balaban J connectivity index is 2.01. The molecule has 0 aliphatic carbocycles. The Morgan fingerprint density at radius 1 is 1.24 bits per heavy atom. The zero-order chi connectivity index (χ0) is 25.3. The van der Waals surface area contributed by atoms with E-state index >= 15 is 0 Å². The van der Waals surface area contributed by atoms with Crippen molar-refractivity contribution in [3.63, 3.8) is 0 Å². The number of methoxy groups -OCH3 is 1. The molecule has 0 aromatic heterocycles. The van der Waals surface area contributed by atoms with E-state index in [0.717, 1.165) is 5.56 Å². The van der Waals surface area contributed by atoms with Gasteiger partial charge in [-0.3, -0.25) is 14.4 Å². The van der Waals surface area contributed by atoms with E-state index in [1.165, 1.54) is 13.3 Å². The van der Waals surface area contributed by atoms with Crippen LogP contribution in [0.3, 0.4) is 0 Å². The van der Waals surface area contributed by atoms with Gasteiger partial charge in [0.15, 0.2) is 18.1 Å². The fourth-order valence-corrected chi connectivity index (χ4v) is 3.38. The number of hydrazone groups is 1. The van der Waals surface area contributed by atoms with Crippen LogP contribution in [0.5, 0.6) is 11.5 Å². The summed E-state index contributed by atoms with van der Waals surface area (Å²) >= 11 is 9.47. The van der Waals surface area contributed by atoms with Crippen LogP contribution >= 0.6 is 27.5 Å². The fraction of sp³-hybridized carbons (Fsp3) is 0.304. The molecule has 0 saturated heterocycles. The second-order valence-corrected chi connectivity index (χ2v) is 8.53. The molecule has 0 bridgehead atoms. The van der Waals surface area contributed by atoms with Gasteiger partial charge in [-0.25, -0.2) is 5.43 Å². The fourth-order valence-electron chi connectivity index (χ4n) is 2.63. The predicted octanol–water partition coefficient (Wildman–Crippen LogP) is 3.80. The molecule has 9 nitrogen and oxygen atoms in total. The summed E-state index contributed by atoms with van der Waals surface area (Å²) in [4.78, 5) is 35.9. The number of carbonyl (C=O) groups is 3. The Labute approximate surface area is 211 Å². The van der Waals surface area contributed by atoms with Crippen LogP contribution < -0.4 is 25.5 Å². The Morgan fingerprint density at radius 3 is 2.65 bits per heavy atom. The number of anilines is 1. The normalized spacial score (nSPS) is 11.6. The quantitative estimate of drug-likeness (QED) is 0.248. The Hall–Kier alpha value is -3.11. The molecular formula is C23H26BrClN4O5. The van der Waals surface area contributed by atoms with Crippen molar-refractivity contribution in [3.05, 3.63) is 51.0 Å².